The van der Waals surface area contributed by atoms with E-state index in [1.807, 2.05) is 0 Å². The van der Waals surface area contributed by atoms with E-state index in [0.717, 1.165) is 19.8 Å². The van der Waals surface area contributed by atoms with Gasteiger partial charge in [-0.05, 0) is 13.0 Å². The van der Waals surface area contributed by atoms with Crippen LogP contribution in [0.2, 0.25) is 0 Å². The largest absolute Gasteiger partial charge is 0.314 e. The molecule has 0 bridgehead atoms. The second-order valence-corrected chi connectivity index (χ2v) is 3.74. The van der Waals surface area contributed by atoms with Crippen LogP contribution in [0.15, 0.2) is 0 Å². The normalized spacial score (nSPS) is 19.2. The molecule has 1 aliphatic rings. The second-order valence-electron chi connectivity index (χ2n) is 3.74. The average molecular weight is 171 g/mol. The molecule has 0 radical (unpaired) electrons. The van der Waals surface area contributed by atoms with Crippen LogP contribution in [0.3, 0.4) is 0 Å². The molecular formula is C9H21N3. The summed E-state index contributed by atoms with van der Waals surface area (Å²) in [7, 11) is 0. The highest BCUT2D eigenvalue weighted by molar-refractivity contribution is 4.66. The van der Waals surface area contributed by atoms with Crippen molar-refractivity contribution in [1.82, 2.24) is 15.5 Å². The highest BCUT2D eigenvalue weighted by Gasteiger charge is 2.08. The highest BCUT2D eigenvalue weighted by Crippen LogP contribution is 1.93. The van der Waals surface area contributed by atoms with Crippen LogP contribution in [0.1, 0.15) is 20.3 Å². The predicted octanol–water partition coefficient (Wildman–Crippen LogP) is 0.237. The highest BCUT2D eigenvalue weighted by atomic mass is 15.3. The molecule has 12 heavy (non-hydrogen) atoms. The number of hydrogen-bond acceptors (Lipinski definition) is 3. The summed E-state index contributed by atoms with van der Waals surface area (Å²) in [5.41, 5.74) is 0. The van der Waals surface area contributed by atoms with Crippen LogP contribution in [0.25, 0.3) is 0 Å². The van der Waals surface area contributed by atoms with Gasteiger partial charge >= 0.3 is 0 Å². The third-order valence-corrected chi connectivity index (χ3v) is 2.14. The van der Waals surface area contributed by atoms with E-state index < -0.39 is 0 Å². The van der Waals surface area contributed by atoms with Gasteiger partial charge < -0.3 is 10.6 Å². The summed E-state index contributed by atoms with van der Waals surface area (Å²) < 4.78 is 0. The summed E-state index contributed by atoms with van der Waals surface area (Å²) in [4.78, 5) is 2.46. The molecule has 0 saturated carbocycles. The second kappa shape index (κ2) is 5.51. The zero-order valence-corrected chi connectivity index (χ0v) is 8.27. The Labute approximate surface area is 75.5 Å². The van der Waals surface area contributed by atoms with Crippen LogP contribution in [0.4, 0.5) is 0 Å². The molecule has 0 aromatic carbocycles. The van der Waals surface area contributed by atoms with Crippen molar-refractivity contribution >= 4 is 0 Å². The van der Waals surface area contributed by atoms with E-state index in [4.69, 9.17) is 0 Å². The van der Waals surface area contributed by atoms with E-state index in [1.54, 1.807) is 0 Å². The quantitative estimate of drug-likeness (QED) is 0.580. The zero-order chi connectivity index (χ0) is 8.81. The summed E-state index contributed by atoms with van der Waals surface area (Å²) >= 11 is 0. The summed E-state index contributed by atoms with van der Waals surface area (Å²) in [5.74, 6) is 0. The molecule has 1 saturated heterocycles. The number of rotatable bonds is 5. The average Bonchev–Trinajstić information content (AvgIpc) is 2.49. The Morgan fingerprint density at radius 2 is 2.33 bits per heavy atom. The van der Waals surface area contributed by atoms with Crippen molar-refractivity contribution in [3.05, 3.63) is 0 Å². The summed E-state index contributed by atoms with van der Waals surface area (Å²) in [6.45, 7) is 10.2. The van der Waals surface area contributed by atoms with Gasteiger partial charge in [0.05, 0.1) is 0 Å². The van der Waals surface area contributed by atoms with Gasteiger partial charge in [-0.3, -0.25) is 4.90 Å². The Morgan fingerprint density at radius 3 is 2.92 bits per heavy atom. The van der Waals surface area contributed by atoms with Crippen LogP contribution >= 0.6 is 0 Å². The lowest BCUT2D eigenvalue weighted by atomic mass is 10.3. The molecule has 0 aromatic heterocycles. The predicted molar refractivity (Wildman–Crippen MR) is 52.2 cm³/mol. The maximum atomic E-state index is 3.42. The molecule has 2 N–H and O–H groups in total. The van der Waals surface area contributed by atoms with Crippen LogP contribution in [-0.4, -0.2) is 43.8 Å². The van der Waals surface area contributed by atoms with Gasteiger partial charge in [-0.25, -0.2) is 0 Å². The zero-order valence-electron chi connectivity index (χ0n) is 8.27. The lowest BCUT2D eigenvalue weighted by Crippen LogP contribution is -2.29. The van der Waals surface area contributed by atoms with Gasteiger partial charge in [-0.1, -0.05) is 13.8 Å². The van der Waals surface area contributed by atoms with Gasteiger partial charge in [-0.15, -0.1) is 0 Å². The Balaban J connectivity index is 1.88. The van der Waals surface area contributed by atoms with E-state index >= 15 is 0 Å². The molecule has 1 fully saturated rings. The van der Waals surface area contributed by atoms with E-state index in [1.165, 1.54) is 19.5 Å². The van der Waals surface area contributed by atoms with Crippen molar-refractivity contribution in [3.8, 4) is 0 Å². The lowest BCUT2D eigenvalue weighted by Gasteiger charge is -2.14. The fourth-order valence-electron chi connectivity index (χ4n) is 1.44. The molecule has 0 atom stereocenters. The van der Waals surface area contributed by atoms with Gasteiger partial charge in [0.25, 0.3) is 0 Å². The van der Waals surface area contributed by atoms with Crippen molar-refractivity contribution in [2.24, 2.45) is 0 Å². The molecule has 0 spiro atoms. The van der Waals surface area contributed by atoms with Crippen LogP contribution < -0.4 is 10.6 Å². The van der Waals surface area contributed by atoms with Crippen LogP contribution in [0.5, 0.6) is 0 Å². The van der Waals surface area contributed by atoms with E-state index in [9.17, 15) is 0 Å². The molecule has 0 unspecified atom stereocenters. The molecule has 0 amide bonds. The van der Waals surface area contributed by atoms with E-state index in [0.29, 0.717) is 6.04 Å². The first-order valence-corrected chi connectivity index (χ1v) is 4.95. The van der Waals surface area contributed by atoms with Crippen molar-refractivity contribution in [1.29, 1.82) is 0 Å². The summed E-state index contributed by atoms with van der Waals surface area (Å²) in [5, 5.41) is 6.75. The Bertz CT molecular complexity index is 108. The molecular weight excluding hydrogens is 150 g/mol. The maximum absolute atomic E-state index is 3.42. The smallest absolute Gasteiger partial charge is 0.0481 e. The van der Waals surface area contributed by atoms with Crippen molar-refractivity contribution in [2.45, 2.75) is 26.3 Å². The van der Waals surface area contributed by atoms with E-state index in [-0.39, 0.29) is 0 Å². The Hall–Kier alpha value is -0.120. The monoisotopic (exact) mass is 171 g/mol. The number of nitrogens with zero attached hydrogens (tertiary/aromatic N) is 1. The first-order chi connectivity index (χ1) is 5.79. The topological polar surface area (TPSA) is 27.3 Å². The Kier molecular flexibility index (Phi) is 4.58. The minimum Gasteiger partial charge on any atom is -0.314 e. The standard InChI is InChI=1S/C9H21N3/c1-9(2)11-4-3-6-12-7-5-10-8-12/h9-11H,3-8H2,1-2H3. The first kappa shape index (κ1) is 9.96. The molecule has 1 heterocycles. The lowest BCUT2D eigenvalue weighted by molar-refractivity contribution is 0.325. The molecule has 3 nitrogen and oxygen atoms in total. The van der Waals surface area contributed by atoms with Crippen molar-refractivity contribution < 1.29 is 0 Å². The van der Waals surface area contributed by atoms with Crippen molar-refractivity contribution in [2.75, 3.05) is 32.8 Å². The van der Waals surface area contributed by atoms with Crippen molar-refractivity contribution in [3.63, 3.8) is 0 Å². The van der Waals surface area contributed by atoms with Gasteiger partial charge in [0, 0.05) is 32.3 Å². The minimum absolute atomic E-state index is 0.627. The maximum Gasteiger partial charge on any atom is 0.0481 e. The summed E-state index contributed by atoms with van der Waals surface area (Å²) in [6, 6.07) is 0.627. The first-order valence-electron chi connectivity index (χ1n) is 4.95. The fourth-order valence-corrected chi connectivity index (χ4v) is 1.44. The molecule has 1 rings (SSSR count). The third kappa shape index (κ3) is 4.04. The summed E-state index contributed by atoms with van der Waals surface area (Å²) in [6.07, 6.45) is 1.26. The minimum atomic E-state index is 0.627. The fraction of sp³-hybridized carbons (Fsp3) is 1.00. The molecule has 72 valence electrons. The van der Waals surface area contributed by atoms with Gasteiger partial charge in [0.1, 0.15) is 0 Å². The molecule has 0 aliphatic carbocycles. The third-order valence-electron chi connectivity index (χ3n) is 2.14. The number of nitrogens with one attached hydrogen (secondary N) is 2. The van der Waals surface area contributed by atoms with E-state index in [2.05, 4.69) is 29.4 Å². The van der Waals surface area contributed by atoms with Crippen LogP contribution in [-0.2, 0) is 0 Å². The molecule has 0 aromatic rings. The molecule has 3 heteroatoms. The number of hydrogen-bond donors (Lipinski definition) is 2. The SMILES string of the molecule is CC(C)NCCCN1CCNC1. The van der Waals surface area contributed by atoms with Gasteiger partial charge in [0.2, 0.25) is 0 Å². The molecule has 1 aliphatic heterocycles. The van der Waals surface area contributed by atoms with Gasteiger partial charge in [-0.2, -0.15) is 0 Å². The Morgan fingerprint density at radius 1 is 1.50 bits per heavy atom. The van der Waals surface area contributed by atoms with Gasteiger partial charge in [0.15, 0.2) is 0 Å². The van der Waals surface area contributed by atoms with Crippen LogP contribution in [0, 0.1) is 0 Å².